The number of rotatable bonds is 3. The van der Waals surface area contributed by atoms with Crippen molar-refractivity contribution in [3.05, 3.63) is 132 Å². The van der Waals surface area contributed by atoms with Gasteiger partial charge in [0.15, 0.2) is 12.4 Å². The molecule has 0 amide bonds. The average molecular weight is 539 g/mol. The molecule has 0 aliphatic heterocycles. The first-order chi connectivity index (χ1) is 18.2. The lowest BCUT2D eigenvalue weighted by Gasteiger charge is -2.11. The number of fused-ring (bicyclic) bond motifs is 4. The third-order valence-electron chi connectivity index (χ3n) is 6.78. The number of aromatic nitrogens is 3. The molecule has 0 radical (unpaired) electrons. The van der Waals surface area contributed by atoms with Crippen molar-refractivity contribution in [1.82, 2.24) is 9.97 Å². The van der Waals surface area contributed by atoms with Gasteiger partial charge in [-0.2, -0.15) is 4.57 Å². The Kier molecular flexibility index (Phi) is 5.26. The minimum absolute atomic E-state index is 0.950. The molecule has 0 aliphatic rings. The Labute approximate surface area is 222 Å². The molecule has 0 unspecified atom stereocenters. The van der Waals surface area contributed by atoms with Crippen molar-refractivity contribution in [2.75, 3.05) is 0 Å². The Hall–Kier alpha value is -4.41. The second-order valence-electron chi connectivity index (χ2n) is 9.11. The van der Waals surface area contributed by atoms with E-state index in [0.29, 0.717) is 0 Å². The van der Waals surface area contributed by atoms with E-state index in [4.69, 9.17) is 9.97 Å². The number of pyridine rings is 3. The molecule has 37 heavy (non-hydrogen) atoms. The van der Waals surface area contributed by atoms with Gasteiger partial charge in [-0.05, 0) is 36.4 Å². The van der Waals surface area contributed by atoms with Crippen LogP contribution in [0.15, 0.2) is 132 Å². The summed E-state index contributed by atoms with van der Waals surface area (Å²) in [6, 6.07) is 39.9. The zero-order valence-corrected chi connectivity index (χ0v) is 21.4. The van der Waals surface area contributed by atoms with Gasteiger partial charge in [-0.3, -0.25) is 0 Å². The predicted octanol–water partition coefficient (Wildman–Crippen LogP) is 8.31. The van der Waals surface area contributed by atoms with E-state index >= 15 is 0 Å². The molecule has 0 bridgehead atoms. The molecule has 3 aromatic heterocycles. The van der Waals surface area contributed by atoms with Gasteiger partial charge in [-0.1, -0.05) is 76.6 Å². The molecular weight excluding hydrogens is 518 g/mol. The van der Waals surface area contributed by atoms with E-state index in [9.17, 15) is 0 Å². The van der Waals surface area contributed by atoms with Crippen LogP contribution in [-0.2, 0) is 0 Å². The first-order valence-corrected chi connectivity index (χ1v) is 13.0. The maximum absolute atomic E-state index is 5.16. The Balaban J connectivity index is 1.51. The van der Waals surface area contributed by atoms with Crippen molar-refractivity contribution in [2.45, 2.75) is 0 Å². The number of halogens is 1. The molecule has 0 aliphatic carbocycles. The van der Waals surface area contributed by atoms with E-state index < -0.39 is 0 Å². The second-order valence-corrected chi connectivity index (χ2v) is 10.0. The van der Waals surface area contributed by atoms with Crippen LogP contribution in [0.5, 0.6) is 0 Å². The molecule has 7 rings (SSSR count). The molecule has 4 heteroatoms. The smallest absolute Gasteiger partial charge is 0.210 e. The fourth-order valence-corrected chi connectivity index (χ4v) is 5.32. The van der Waals surface area contributed by atoms with E-state index in [1.54, 1.807) is 0 Å². The van der Waals surface area contributed by atoms with E-state index in [0.717, 1.165) is 65.3 Å². The SMILES string of the molecule is Brc1ccc2nc(-c3cc4ccc(-c5ccccc5)nc4c4c[n+](-c5ccccc5)ccc34)ccc2c1. The summed E-state index contributed by atoms with van der Waals surface area (Å²) >= 11 is 3.57. The van der Waals surface area contributed by atoms with Gasteiger partial charge in [0, 0.05) is 50.0 Å². The van der Waals surface area contributed by atoms with E-state index in [1.165, 1.54) is 0 Å². The largest absolute Gasteiger partial charge is 0.248 e. The molecule has 7 aromatic rings. The van der Waals surface area contributed by atoms with Gasteiger partial charge < -0.3 is 0 Å². The Morgan fingerprint density at radius 3 is 2.19 bits per heavy atom. The van der Waals surface area contributed by atoms with Crippen LogP contribution >= 0.6 is 15.9 Å². The topological polar surface area (TPSA) is 29.7 Å². The van der Waals surface area contributed by atoms with E-state index in [-0.39, 0.29) is 0 Å². The molecule has 0 fully saturated rings. The molecule has 0 saturated heterocycles. The molecule has 174 valence electrons. The van der Waals surface area contributed by atoms with Crippen molar-refractivity contribution in [2.24, 2.45) is 0 Å². The third-order valence-corrected chi connectivity index (χ3v) is 7.28. The molecule has 4 aromatic carbocycles. The summed E-state index contributed by atoms with van der Waals surface area (Å²) < 4.78 is 3.21. The minimum atomic E-state index is 0.950. The summed E-state index contributed by atoms with van der Waals surface area (Å²) in [5, 5.41) is 4.42. The molecule has 0 spiro atoms. The highest BCUT2D eigenvalue weighted by Crippen LogP contribution is 2.35. The lowest BCUT2D eigenvalue weighted by molar-refractivity contribution is -0.594. The van der Waals surface area contributed by atoms with Crippen LogP contribution in [0.25, 0.3) is 60.8 Å². The Bertz CT molecular complexity index is 1930. The van der Waals surface area contributed by atoms with E-state index in [2.05, 4.69) is 130 Å². The van der Waals surface area contributed by atoms with Gasteiger partial charge in [0.05, 0.1) is 27.8 Å². The number of hydrogen-bond acceptors (Lipinski definition) is 2. The van der Waals surface area contributed by atoms with Crippen LogP contribution in [0.3, 0.4) is 0 Å². The first kappa shape index (κ1) is 21.8. The second kappa shape index (κ2) is 8.91. The van der Waals surface area contributed by atoms with Crippen molar-refractivity contribution in [3.63, 3.8) is 0 Å². The van der Waals surface area contributed by atoms with Crippen molar-refractivity contribution in [1.29, 1.82) is 0 Å². The third kappa shape index (κ3) is 3.96. The zero-order chi connectivity index (χ0) is 24.8. The van der Waals surface area contributed by atoms with Crippen molar-refractivity contribution < 1.29 is 4.57 Å². The summed E-state index contributed by atoms with van der Waals surface area (Å²) in [6.07, 6.45) is 4.31. The van der Waals surface area contributed by atoms with Crippen LogP contribution in [0, 0.1) is 0 Å². The first-order valence-electron chi connectivity index (χ1n) is 12.2. The molecule has 3 nitrogen and oxygen atoms in total. The lowest BCUT2D eigenvalue weighted by atomic mass is 9.98. The quantitative estimate of drug-likeness (QED) is 0.167. The monoisotopic (exact) mass is 538 g/mol. The van der Waals surface area contributed by atoms with Crippen molar-refractivity contribution in [3.8, 4) is 28.2 Å². The maximum Gasteiger partial charge on any atom is 0.210 e. The van der Waals surface area contributed by atoms with Gasteiger partial charge in [-0.15, -0.1) is 0 Å². The molecule has 0 N–H and O–H groups in total. The van der Waals surface area contributed by atoms with Gasteiger partial charge >= 0.3 is 0 Å². The molecule has 0 atom stereocenters. The summed E-state index contributed by atoms with van der Waals surface area (Å²) in [7, 11) is 0. The van der Waals surface area contributed by atoms with Crippen LogP contribution < -0.4 is 4.57 Å². The fraction of sp³-hybridized carbons (Fsp3) is 0. The fourth-order valence-electron chi connectivity index (χ4n) is 4.94. The normalized spacial score (nSPS) is 11.4. The van der Waals surface area contributed by atoms with Gasteiger partial charge in [0.1, 0.15) is 0 Å². The summed E-state index contributed by atoms with van der Waals surface area (Å²) in [4.78, 5) is 10.2. The van der Waals surface area contributed by atoms with Crippen LogP contribution in [0.1, 0.15) is 0 Å². The van der Waals surface area contributed by atoms with Crippen molar-refractivity contribution >= 4 is 48.5 Å². The zero-order valence-electron chi connectivity index (χ0n) is 19.8. The van der Waals surface area contributed by atoms with E-state index in [1.807, 2.05) is 18.2 Å². The summed E-state index contributed by atoms with van der Waals surface area (Å²) in [6.45, 7) is 0. The average Bonchev–Trinajstić information content (AvgIpc) is 2.97. The standard InChI is InChI=1S/C33H21BrN3/c34-25-13-16-31-23(19-25)11-15-32(35-31)28-20-24-12-14-30(22-7-3-1-4-8-22)36-33(24)29-21-37(18-17-27(28)29)26-9-5-2-6-10-26/h1-21H/q+1. The number of para-hydroxylation sites is 1. The van der Waals surface area contributed by atoms with Gasteiger partial charge in [-0.25, -0.2) is 9.97 Å². The number of hydrogen-bond donors (Lipinski definition) is 0. The highest BCUT2D eigenvalue weighted by Gasteiger charge is 2.16. The number of benzene rings is 4. The van der Waals surface area contributed by atoms with Gasteiger partial charge in [0.25, 0.3) is 0 Å². The summed E-state index contributed by atoms with van der Waals surface area (Å²) in [5.74, 6) is 0. The van der Waals surface area contributed by atoms with Crippen LogP contribution in [-0.4, -0.2) is 9.97 Å². The van der Waals surface area contributed by atoms with Crippen LogP contribution in [0.4, 0.5) is 0 Å². The highest BCUT2D eigenvalue weighted by atomic mass is 79.9. The summed E-state index contributed by atoms with van der Waals surface area (Å²) in [5.41, 5.74) is 7.18. The minimum Gasteiger partial charge on any atom is -0.248 e. The lowest BCUT2D eigenvalue weighted by Crippen LogP contribution is -2.29. The van der Waals surface area contributed by atoms with Crippen LogP contribution in [0.2, 0.25) is 0 Å². The molecule has 3 heterocycles. The predicted molar refractivity (Wildman–Crippen MR) is 155 cm³/mol. The Morgan fingerprint density at radius 1 is 0.595 bits per heavy atom. The molecule has 0 saturated carbocycles. The highest BCUT2D eigenvalue weighted by molar-refractivity contribution is 9.10. The Morgan fingerprint density at radius 2 is 1.35 bits per heavy atom. The van der Waals surface area contributed by atoms with Gasteiger partial charge in [0.2, 0.25) is 5.69 Å². The maximum atomic E-state index is 5.16. The molecular formula is C33H21BrN3+. The number of nitrogens with zero attached hydrogens (tertiary/aromatic N) is 3.